The predicted molar refractivity (Wildman–Crippen MR) is 109 cm³/mol. The third kappa shape index (κ3) is 5.34. The Labute approximate surface area is 160 Å². The largest absolute Gasteiger partial charge is 0.348 e. The number of carbonyl (C=O) groups excluding carboxylic acids is 1. The standard InChI is InChI=1S/C21H27N3OS/c1-23-11-13-24(14-12-23)16-18-5-3-17(4-6-18)15-22-21(25)19-7-9-20(26-2)10-8-19/h3-10H,11-16H2,1-2H3,(H,22,25). The van der Waals surface area contributed by atoms with Crippen molar-refractivity contribution in [1.29, 1.82) is 0 Å². The third-order valence-corrected chi connectivity index (χ3v) is 5.57. The van der Waals surface area contributed by atoms with Crippen LogP contribution in [0.1, 0.15) is 21.5 Å². The second-order valence-corrected chi connectivity index (χ2v) is 7.69. The van der Waals surface area contributed by atoms with Gasteiger partial charge in [0.2, 0.25) is 0 Å². The summed E-state index contributed by atoms with van der Waals surface area (Å²) < 4.78 is 0. The van der Waals surface area contributed by atoms with Crippen LogP contribution in [0.2, 0.25) is 0 Å². The molecule has 1 aliphatic rings. The second-order valence-electron chi connectivity index (χ2n) is 6.81. The minimum atomic E-state index is -0.0285. The van der Waals surface area contributed by atoms with Crippen molar-refractivity contribution < 1.29 is 4.79 Å². The van der Waals surface area contributed by atoms with Crippen molar-refractivity contribution in [3.8, 4) is 0 Å². The van der Waals surface area contributed by atoms with E-state index in [1.54, 1.807) is 11.8 Å². The Morgan fingerprint density at radius 1 is 0.962 bits per heavy atom. The van der Waals surface area contributed by atoms with E-state index in [1.807, 2.05) is 30.5 Å². The van der Waals surface area contributed by atoms with E-state index in [0.717, 1.165) is 43.2 Å². The molecule has 1 aliphatic heterocycles. The molecule has 138 valence electrons. The molecule has 0 spiro atoms. The Bertz CT molecular complexity index is 707. The number of nitrogens with one attached hydrogen (secondary N) is 1. The highest BCUT2D eigenvalue weighted by atomic mass is 32.2. The van der Waals surface area contributed by atoms with Gasteiger partial charge in [-0.25, -0.2) is 0 Å². The molecule has 26 heavy (non-hydrogen) atoms. The fraction of sp³-hybridized carbons (Fsp3) is 0.381. The number of hydrogen-bond donors (Lipinski definition) is 1. The zero-order chi connectivity index (χ0) is 18.4. The molecule has 0 unspecified atom stereocenters. The van der Waals surface area contributed by atoms with Gasteiger partial charge in [-0.1, -0.05) is 24.3 Å². The molecule has 0 saturated carbocycles. The number of hydrogen-bond acceptors (Lipinski definition) is 4. The summed E-state index contributed by atoms with van der Waals surface area (Å²) in [5.74, 6) is -0.0285. The first kappa shape index (κ1) is 19.0. The van der Waals surface area contributed by atoms with Gasteiger partial charge in [-0.15, -0.1) is 11.8 Å². The molecule has 1 heterocycles. The summed E-state index contributed by atoms with van der Waals surface area (Å²) in [5.41, 5.74) is 3.16. The first-order chi connectivity index (χ1) is 12.6. The summed E-state index contributed by atoms with van der Waals surface area (Å²) in [6.07, 6.45) is 2.03. The van der Waals surface area contributed by atoms with Gasteiger partial charge in [0.1, 0.15) is 0 Å². The summed E-state index contributed by atoms with van der Waals surface area (Å²) >= 11 is 1.68. The van der Waals surface area contributed by atoms with Crippen LogP contribution in [0.15, 0.2) is 53.4 Å². The number of carbonyl (C=O) groups is 1. The van der Waals surface area contributed by atoms with Crippen molar-refractivity contribution in [3.63, 3.8) is 0 Å². The van der Waals surface area contributed by atoms with Gasteiger partial charge in [0.05, 0.1) is 0 Å². The smallest absolute Gasteiger partial charge is 0.251 e. The van der Waals surface area contributed by atoms with E-state index in [2.05, 4.69) is 46.4 Å². The van der Waals surface area contributed by atoms with Crippen LogP contribution in [-0.4, -0.2) is 55.2 Å². The Hall–Kier alpha value is -1.82. The molecule has 2 aromatic carbocycles. The Balaban J connectivity index is 1.48. The molecule has 5 heteroatoms. The molecule has 1 fully saturated rings. The lowest BCUT2D eigenvalue weighted by atomic mass is 10.1. The van der Waals surface area contributed by atoms with Crippen LogP contribution < -0.4 is 5.32 Å². The fourth-order valence-corrected chi connectivity index (χ4v) is 3.46. The van der Waals surface area contributed by atoms with Gasteiger partial charge < -0.3 is 10.2 Å². The number of rotatable bonds is 6. The van der Waals surface area contributed by atoms with Crippen LogP contribution in [0, 0.1) is 0 Å². The van der Waals surface area contributed by atoms with E-state index in [9.17, 15) is 4.79 Å². The van der Waals surface area contributed by atoms with Crippen LogP contribution in [0.5, 0.6) is 0 Å². The molecule has 4 nitrogen and oxygen atoms in total. The number of likely N-dealkylation sites (N-methyl/N-ethyl adjacent to an activating group) is 1. The van der Waals surface area contributed by atoms with Crippen LogP contribution in [0.25, 0.3) is 0 Å². The zero-order valence-corrected chi connectivity index (χ0v) is 16.4. The van der Waals surface area contributed by atoms with Crippen molar-refractivity contribution >= 4 is 17.7 Å². The van der Waals surface area contributed by atoms with Gasteiger partial charge in [-0.3, -0.25) is 9.69 Å². The molecule has 1 saturated heterocycles. The first-order valence-electron chi connectivity index (χ1n) is 9.05. The highest BCUT2D eigenvalue weighted by Gasteiger charge is 2.13. The number of piperazine rings is 1. The van der Waals surface area contributed by atoms with Crippen molar-refractivity contribution in [2.75, 3.05) is 39.5 Å². The van der Waals surface area contributed by atoms with Crippen LogP contribution >= 0.6 is 11.8 Å². The summed E-state index contributed by atoms with van der Waals surface area (Å²) in [7, 11) is 2.18. The average Bonchev–Trinajstić information content (AvgIpc) is 2.69. The predicted octanol–water partition coefficient (Wildman–Crippen LogP) is 3.09. The molecule has 3 rings (SSSR count). The normalized spacial score (nSPS) is 15.8. The van der Waals surface area contributed by atoms with Gasteiger partial charge in [0.25, 0.3) is 5.91 Å². The van der Waals surface area contributed by atoms with Crippen molar-refractivity contribution in [3.05, 3.63) is 65.2 Å². The van der Waals surface area contributed by atoms with E-state index in [4.69, 9.17) is 0 Å². The maximum absolute atomic E-state index is 12.2. The maximum atomic E-state index is 12.2. The fourth-order valence-electron chi connectivity index (χ4n) is 3.05. The zero-order valence-electron chi connectivity index (χ0n) is 15.6. The highest BCUT2D eigenvalue weighted by molar-refractivity contribution is 7.98. The minimum absolute atomic E-state index is 0.0285. The molecule has 2 aromatic rings. The first-order valence-corrected chi connectivity index (χ1v) is 10.3. The highest BCUT2D eigenvalue weighted by Crippen LogP contribution is 2.15. The average molecular weight is 370 g/mol. The third-order valence-electron chi connectivity index (χ3n) is 4.83. The van der Waals surface area contributed by atoms with E-state index in [1.165, 1.54) is 5.56 Å². The van der Waals surface area contributed by atoms with Crippen LogP contribution in [0.3, 0.4) is 0 Å². The summed E-state index contributed by atoms with van der Waals surface area (Å²) in [6, 6.07) is 16.3. The molecular formula is C21H27N3OS. The number of amides is 1. The van der Waals surface area contributed by atoms with Gasteiger partial charge in [-0.2, -0.15) is 0 Å². The Morgan fingerprint density at radius 3 is 2.19 bits per heavy atom. The lowest BCUT2D eigenvalue weighted by Gasteiger charge is -2.32. The summed E-state index contributed by atoms with van der Waals surface area (Å²) in [6.45, 7) is 6.09. The van der Waals surface area contributed by atoms with Crippen molar-refractivity contribution in [1.82, 2.24) is 15.1 Å². The number of thioether (sulfide) groups is 1. The van der Waals surface area contributed by atoms with Gasteiger partial charge in [0, 0.05) is 49.7 Å². The van der Waals surface area contributed by atoms with Crippen molar-refractivity contribution in [2.24, 2.45) is 0 Å². The lowest BCUT2D eigenvalue weighted by Crippen LogP contribution is -2.43. The second kappa shape index (κ2) is 9.21. The van der Waals surface area contributed by atoms with E-state index in [-0.39, 0.29) is 5.91 Å². The van der Waals surface area contributed by atoms with Gasteiger partial charge in [0.15, 0.2) is 0 Å². The van der Waals surface area contributed by atoms with Crippen LogP contribution in [0.4, 0.5) is 0 Å². The lowest BCUT2D eigenvalue weighted by molar-refractivity contribution is 0.0951. The quantitative estimate of drug-likeness (QED) is 0.794. The molecule has 0 aliphatic carbocycles. The van der Waals surface area contributed by atoms with Crippen LogP contribution in [-0.2, 0) is 13.1 Å². The molecular weight excluding hydrogens is 342 g/mol. The topological polar surface area (TPSA) is 35.6 Å². The maximum Gasteiger partial charge on any atom is 0.251 e. The number of benzene rings is 2. The molecule has 1 N–H and O–H groups in total. The molecule has 0 radical (unpaired) electrons. The molecule has 0 aromatic heterocycles. The molecule has 0 bridgehead atoms. The summed E-state index contributed by atoms with van der Waals surface area (Å²) in [4.78, 5) is 18.3. The Morgan fingerprint density at radius 2 is 1.58 bits per heavy atom. The summed E-state index contributed by atoms with van der Waals surface area (Å²) in [5, 5.41) is 3.00. The van der Waals surface area contributed by atoms with E-state index >= 15 is 0 Å². The monoisotopic (exact) mass is 369 g/mol. The van der Waals surface area contributed by atoms with Gasteiger partial charge >= 0.3 is 0 Å². The molecule has 0 atom stereocenters. The van der Waals surface area contributed by atoms with Gasteiger partial charge in [-0.05, 0) is 48.7 Å². The molecule has 1 amide bonds. The van der Waals surface area contributed by atoms with E-state index in [0.29, 0.717) is 12.1 Å². The van der Waals surface area contributed by atoms with Crippen molar-refractivity contribution in [2.45, 2.75) is 18.0 Å². The number of nitrogens with zero attached hydrogens (tertiary/aromatic N) is 2. The Kier molecular flexibility index (Phi) is 6.72. The SMILES string of the molecule is CSc1ccc(C(=O)NCc2ccc(CN3CCN(C)CC3)cc2)cc1. The van der Waals surface area contributed by atoms with E-state index < -0.39 is 0 Å². The minimum Gasteiger partial charge on any atom is -0.348 e.